The van der Waals surface area contributed by atoms with Gasteiger partial charge in [-0.25, -0.2) is 0 Å². The van der Waals surface area contributed by atoms with Crippen molar-refractivity contribution in [3.63, 3.8) is 0 Å². The lowest BCUT2D eigenvalue weighted by Crippen LogP contribution is -2.30. The van der Waals surface area contributed by atoms with Crippen LogP contribution in [0.1, 0.15) is 12.0 Å². The van der Waals surface area contributed by atoms with Crippen molar-refractivity contribution in [2.75, 3.05) is 26.8 Å². The number of benzene rings is 1. The summed E-state index contributed by atoms with van der Waals surface area (Å²) in [5, 5.41) is 5.63. The monoisotopic (exact) mass is 250 g/mol. The van der Waals surface area contributed by atoms with Gasteiger partial charge < -0.3 is 20.1 Å². The average molecular weight is 250 g/mol. The molecule has 1 heterocycles. The Bertz CT molecular complexity index is 421. The van der Waals surface area contributed by atoms with E-state index in [4.69, 9.17) is 9.47 Å². The van der Waals surface area contributed by atoms with Gasteiger partial charge in [-0.05, 0) is 17.7 Å². The summed E-state index contributed by atoms with van der Waals surface area (Å²) >= 11 is 0. The molecule has 0 aliphatic carbocycles. The molecule has 2 rings (SSSR count). The van der Waals surface area contributed by atoms with E-state index >= 15 is 0 Å². The first-order valence-electron chi connectivity index (χ1n) is 6.09. The Hall–Kier alpha value is -1.75. The number of hydrogen-bond acceptors (Lipinski definition) is 4. The minimum Gasteiger partial charge on any atom is -0.490 e. The van der Waals surface area contributed by atoms with Crippen molar-refractivity contribution >= 4 is 5.91 Å². The van der Waals surface area contributed by atoms with E-state index in [2.05, 4.69) is 10.6 Å². The molecular formula is C13H18N2O3. The molecule has 1 aromatic carbocycles. The van der Waals surface area contributed by atoms with Crippen LogP contribution < -0.4 is 20.1 Å². The quantitative estimate of drug-likeness (QED) is 0.825. The van der Waals surface area contributed by atoms with E-state index in [1.165, 1.54) is 0 Å². The molecule has 0 spiro atoms. The van der Waals surface area contributed by atoms with E-state index in [1.807, 2.05) is 18.2 Å². The van der Waals surface area contributed by atoms with Crippen molar-refractivity contribution in [2.24, 2.45) is 0 Å². The minimum atomic E-state index is -0.0238. The van der Waals surface area contributed by atoms with Crippen molar-refractivity contribution in [1.29, 1.82) is 0 Å². The van der Waals surface area contributed by atoms with Crippen LogP contribution in [0.15, 0.2) is 18.2 Å². The summed E-state index contributed by atoms with van der Waals surface area (Å²) in [5.41, 5.74) is 1.07. The third kappa shape index (κ3) is 3.37. The fourth-order valence-electron chi connectivity index (χ4n) is 1.73. The van der Waals surface area contributed by atoms with Gasteiger partial charge in [-0.2, -0.15) is 0 Å². The Morgan fingerprint density at radius 3 is 2.83 bits per heavy atom. The largest absolute Gasteiger partial charge is 0.490 e. The zero-order valence-electron chi connectivity index (χ0n) is 10.5. The molecule has 0 radical (unpaired) electrons. The highest BCUT2D eigenvalue weighted by Crippen LogP contribution is 2.30. The molecule has 0 bridgehead atoms. The van der Waals surface area contributed by atoms with Crippen LogP contribution in [0.3, 0.4) is 0 Å². The molecule has 1 aromatic rings. The molecule has 0 unspecified atom stereocenters. The predicted octanol–water partition coefficient (Wildman–Crippen LogP) is 0.683. The van der Waals surface area contributed by atoms with Crippen molar-refractivity contribution < 1.29 is 14.3 Å². The standard InChI is InChI=1S/C13H18N2O3/c1-14-13(16)9-15-8-10-3-4-11-12(7-10)18-6-2-5-17-11/h3-4,7,15H,2,5-6,8-9H2,1H3,(H,14,16). The van der Waals surface area contributed by atoms with Gasteiger partial charge in [0.2, 0.25) is 5.91 Å². The second kappa shape index (κ2) is 6.26. The van der Waals surface area contributed by atoms with Crippen LogP contribution in [0.4, 0.5) is 0 Å². The van der Waals surface area contributed by atoms with Gasteiger partial charge >= 0.3 is 0 Å². The van der Waals surface area contributed by atoms with E-state index in [0.29, 0.717) is 26.3 Å². The maximum Gasteiger partial charge on any atom is 0.233 e. The van der Waals surface area contributed by atoms with E-state index < -0.39 is 0 Å². The van der Waals surface area contributed by atoms with Crippen LogP contribution in [0.5, 0.6) is 11.5 Å². The van der Waals surface area contributed by atoms with Gasteiger partial charge in [-0.3, -0.25) is 4.79 Å². The van der Waals surface area contributed by atoms with Crippen molar-refractivity contribution in [3.05, 3.63) is 23.8 Å². The maximum atomic E-state index is 11.1. The van der Waals surface area contributed by atoms with Crippen molar-refractivity contribution in [2.45, 2.75) is 13.0 Å². The highest BCUT2D eigenvalue weighted by molar-refractivity contribution is 5.77. The Morgan fingerprint density at radius 2 is 2.06 bits per heavy atom. The number of hydrogen-bond donors (Lipinski definition) is 2. The fraction of sp³-hybridized carbons (Fsp3) is 0.462. The lowest BCUT2D eigenvalue weighted by molar-refractivity contribution is -0.119. The van der Waals surface area contributed by atoms with Gasteiger partial charge in [0.15, 0.2) is 11.5 Å². The minimum absolute atomic E-state index is 0.0238. The SMILES string of the molecule is CNC(=O)CNCc1ccc2c(c1)OCCCO2. The first-order valence-corrected chi connectivity index (χ1v) is 6.09. The molecule has 0 saturated carbocycles. The highest BCUT2D eigenvalue weighted by atomic mass is 16.5. The molecule has 1 aliphatic heterocycles. The van der Waals surface area contributed by atoms with E-state index in [0.717, 1.165) is 23.5 Å². The summed E-state index contributed by atoms with van der Waals surface area (Å²) in [6, 6.07) is 5.85. The first-order chi connectivity index (χ1) is 8.79. The number of carbonyl (C=O) groups is 1. The molecule has 0 atom stereocenters. The fourth-order valence-corrected chi connectivity index (χ4v) is 1.73. The van der Waals surface area contributed by atoms with Crippen LogP contribution in [0.25, 0.3) is 0 Å². The molecule has 18 heavy (non-hydrogen) atoms. The van der Waals surface area contributed by atoms with Crippen LogP contribution in [-0.4, -0.2) is 32.7 Å². The Balaban J connectivity index is 1.93. The number of nitrogens with one attached hydrogen (secondary N) is 2. The number of ether oxygens (including phenoxy) is 2. The molecule has 1 aliphatic rings. The number of rotatable bonds is 4. The lowest BCUT2D eigenvalue weighted by atomic mass is 10.2. The van der Waals surface area contributed by atoms with Crippen molar-refractivity contribution in [3.8, 4) is 11.5 Å². The molecule has 5 heteroatoms. The molecule has 5 nitrogen and oxygen atoms in total. The van der Waals surface area contributed by atoms with Gasteiger partial charge in [0.1, 0.15) is 0 Å². The van der Waals surface area contributed by atoms with E-state index in [9.17, 15) is 4.79 Å². The molecule has 1 amide bonds. The number of likely N-dealkylation sites (N-methyl/N-ethyl adjacent to an activating group) is 1. The third-order valence-electron chi connectivity index (χ3n) is 2.71. The second-order valence-corrected chi connectivity index (χ2v) is 4.11. The van der Waals surface area contributed by atoms with Gasteiger partial charge in [0.25, 0.3) is 0 Å². The maximum absolute atomic E-state index is 11.1. The summed E-state index contributed by atoms with van der Waals surface area (Å²) in [5.74, 6) is 1.55. The summed E-state index contributed by atoms with van der Waals surface area (Å²) in [4.78, 5) is 11.1. The van der Waals surface area contributed by atoms with Gasteiger partial charge in [-0.1, -0.05) is 6.07 Å². The van der Waals surface area contributed by atoms with E-state index in [-0.39, 0.29) is 5.91 Å². The predicted molar refractivity (Wildman–Crippen MR) is 67.8 cm³/mol. The Kier molecular flexibility index (Phi) is 4.41. The van der Waals surface area contributed by atoms with Crippen LogP contribution in [-0.2, 0) is 11.3 Å². The zero-order chi connectivity index (χ0) is 12.8. The normalized spacial score (nSPS) is 13.8. The van der Waals surface area contributed by atoms with E-state index in [1.54, 1.807) is 7.05 Å². The smallest absolute Gasteiger partial charge is 0.233 e. The molecular weight excluding hydrogens is 232 g/mol. The summed E-state index contributed by atoms with van der Waals surface area (Å²) in [6.07, 6.45) is 0.902. The average Bonchev–Trinajstić information content (AvgIpc) is 2.63. The topological polar surface area (TPSA) is 59.6 Å². The number of carbonyl (C=O) groups excluding carboxylic acids is 1. The summed E-state index contributed by atoms with van der Waals surface area (Å²) in [6.45, 7) is 2.32. The molecule has 0 aromatic heterocycles. The number of amides is 1. The first kappa shape index (κ1) is 12.7. The van der Waals surface area contributed by atoms with Crippen molar-refractivity contribution in [1.82, 2.24) is 10.6 Å². The van der Waals surface area contributed by atoms with Gasteiger partial charge in [0, 0.05) is 20.0 Å². The second-order valence-electron chi connectivity index (χ2n) is 4.11. The van der Waals surface area contributed by atoms with Crippen LogP contribution in [0.2, 0.25) is 0 Å². The Labute approximate surface area is 106 Å². The zero-order valence-corrected chi connectivity index (χ0v) is 10.5. The molecule has 0 fully saturated rings. The highest BCUT2D eigenvalue weighted by Gasteiger charge is 2.10. The summed E-state index contributed by atoms with van der Waals surface area (Å²) in [7, 11) is 1.62. The van der Waals surface area contributed by atoms with Gasteiger partial charge in [0.05, 0.1) is 19.8 Å². The van der Waals surface area contributed by atoms with Gasteiger partial charge in [-0.15, -0.1) is 0 Å². The molecule has 2 N–H and O–H groups in total. The lowest BCUT2D eigenvalue weighted by Gasteiger charge is -2.09. The Morgan fingerprint density at radius 1 is 1.28 bits per heavy atom. The van der Waals surface area contributed by atoms with Crippen LogP contribution in [0, 0.1) is 0 Å². The van der Waals surface area contributed by atoms with Crippen LogP contribution >= 0.6 is 0 Å². The third-order valence-corrected chi connectivity index (χ3v) is 2.71. The molecule has 0 saturated heterocycles. The number of fused-ring (bicyclic) bond motifs is 1. The molecule has 98 valence electrons. The summed E-state index contributed by atoms with van der Waals surface area (Å²) < 4.78 is 11.2.